The van der Waals surface area contributed by atoms with Crippen LogP contribution in [-0.4, -0.2) is 91.8 Å². The van der Waals surface area contributed by atoms with E-state index in [-0.39, 0.29) is 43.3 Å². The van der Waals surface area contributed by atoms with Gasteiger partial charge in [0.15, 0.2) is 0 Å². The number of methoxy groups -OCH3 is 2. The second kappa shape index (κ2) is 13.1. The zero-order chi connectivity index (χ0) is 30.6. The maximum atomic E-state index is 13.7. The highest BCUT2D eigenvalue weighted by atomic mass is 16.5. The largest absolute Gasteiger partial charge is 0.497 e. The van der Waals surface area contributed by atoms with Crippen LogP contribution in [0.5, 0.6) is 17.2 Å². The van der Waals surface area contributed by atoms with Crippen LogP contribution in [-0.2, 0) is 14.4 Å². The molecule has 2 aliphatic heterocycles. The molecule has 12 heteroatoms. The van der Waals surface area contributed by atoms with Crippen molar-refractivity contribution >= 4 is 23.6 Å². The molecule has 2 aromatic carbocycles. The standard InChI is InChI=1S/C30H38N4O8/c1-16(2)26-29(38)32-17(3)30(39)34-15-20(35)13-24(34)28(37)31-8-9-42-25-7-6-18(12-23(25)27(36)33-26)19-10-21(40-4)14-22(11-19)41-5/h6-7,10-12,14,16-17,20,24,26,35H,8-9,13,15H2,1-5H3,(H,31,37)(H,32,38)(H,33,36)/t17-,20+,24+,26+/m1/s1. The summed E-state index contributed by atoms with van der Waals surface area (Å²) in [6.45, 7) is 5.19. The average molecular weight is 583 g/mol. The third-order valence-electron chi connectivity index (χ3n) is 7.40. The first-order valence-corrected chi connectivity index (χ1v) is 13.9. The lowest BCUT2D eigenvalue weighted by atomic mass is 9.99. The predicted molar refractivity (Wildman–Crippen MR) is 153 cm³/mol. The Labute approximate surface area is 244 Å². The van der Waals surface area contributed by atoms with Gasteiger partial charge in [0.1, 0.15) is 42.0 Å². The van der Waals surface area contributed by atoms with E-state index in [1.807, 2.05) is 0 Å². The molecule has 1 saturated heterocycles. The quantitative estimate of drug-likeness (QED) is 0.418. The van der Waals surface area contributed by atoms with Gasteiger partial charge < -0.3 is 40.2 Å². The van der Waals surface area contributed by atoms with Crippen molar-refractivity contribution in [2.24, 2.45) is 5.92 Å². The molecule has 4 N–H and O–H groups in total. The fraction of sp³-hybridized carbons (Fsp3) is 0.467. The monoisotopic (exact) mass is 582 g/mol. The molecule has 0 aliphatic carbocycles. The van der Waals surface area contributed by atoms with Crippen LogP contribution in [0.15, 0.2) is 36.4 Å². The summed E-state index contributed by atoms with van der Waals surface area (Å²) in [5.74, 6) is -0.955. The van der Waals surface area contributed by atoms with Gasteiger partial charge in [-0.05, 0) is 48.2 Å². The van der Waals surface area contributed by atoms with Crippen LogP contribution in [0.25, 0.3) is 11.1 Å². The lowest BCUT2D eigenvalue weighted by molar-refractivity contribution is -0.141. The van der Waals surface area contributed by atoms with E-state index >= 15 is 0 Å². The van der Waals surface area contributed by atoms with Crippen LogP contribution >= 0.6 is 0 Å². The van der Waals surface area contributed by atoms with Crippen LogP contribution in [0.3, 0.4) is 0 Å². The minimum Gasteiger partial charge on any atom is -0.497 e. The van der Waals surface area contributed by atoms with Crippen molar-refractivity contribution in [3.63, 3.8) is 0 Å². The Morgan fingerprint density at radius 2 is 1.64 bits per heavy atom. The lowest BCUT2D eigenvalue weighted by Gasteiger charge is -2.29. The second-order valence-electron chi connectivity index (χ2n) is 10.8. The van der Waals surface area contributed by atoms with Gasteiger partial charge >= 0.3 is 0 Å². The van der Waals surface area contributed by atoms with Crippen LogP contribution < -0.4 is 30.2 Å². The van der Waals surface area contributed by atoms with Gasteiger partial charge in [-0.25, -0.2) is 0 Å². The maximum Gasteiger partial charge on any atom is 0.255 e. The summed E-state index contributed by atoms with van der Waals surface area (Å²) in [4.78, 5) is 54.5. The number of rotatable bonds is 4. The fourth-order valence-electron chi connectivity index (χ4n) is 5.11. The van der Waals surface area contributed by atoms with Crippen molar-refractivity contribution in [2.45, 2.75) is 51.4 Å². The maximum absolute atomic E-state index is 13.7. The molecule has 0 radical (unpaired) electrons. The van der Waals surface area contributed by atoms with Gasteiger partial charge in [0, 0.05) is 19.0 Å². The van der Waals surface area contributed by atoms with E-state index in [1.165, 1.54) is 11.8 Å². The van der Waals surface area contributed by atoms with Crippen molar-refractivity contribution < 1.29 is 38.5 Å². The van der Waals surface area contributed by atoms with E-state index in [9.17, 15) is 24.3 Å². The Kier molecular flexibility index (Phi) is 9.56. The summed E-state index contributed by atoms with van der Waals surface area (Å²) in [5.41, 5.74) is 1.59. The Balaban J connectivity index is 1.71. The van der Waals surface area contributed by atoms with E-state index in [1.54, 1.807) is 64.5 Å². The SMILES string of the molecule is COc1cc(OC)cc(-c2ccc3c(c2)C(=O)N[C@@H](C(C)C)C(=O)N[C@H](C)C(=O)N2C[C@@H](O)C[C@H]2C(=O)NCCO3)c1. The third-order valence-corrected chi connectivity index (χ3v) is 7.40. The zero-order valence-electron chi connectivity index (χ0n) is 24.4. The number of carbonyl (C=O) groups excluding carboxylic acids is 4. The molecule has 4 amide bonds. The summed E-state index contributed by atoms with van der Waals surface area (Å²) in [6.07, 6.45) is -0.774. The Morgan fingerprint density at radius 1 is 0.952 bits per heavy atom. The molecule has 0 spiro atoms. The summed E-state index contributed by atoms with van der Waals surface area (Å²) in [6, 6.07) is 7.60. The van der Waals surface area contributed by atoms with Crippen molar-refractivity contribution in [3.8, 4) is 28.4 Å². The molecule has 1 fully saturated rings. The van der Waals surface area contributed by atoms with Gasteiger partial charge in [-0.1, -0.05) is 19.9 Å². The second-order valence-corrected chi connectivity index (χ2v) is 10.8. The predicted octanol–water partition coefficient (Wildman–Crippen LogP) is 1.10. The lowest BCUT2D eigenvalue weighted by Crippen LogP contribution is -2.57. The van der Waals surface area contributed by atoms with Crippen molar-refractivity contribution in [1.82, 2.24) is 20.9 Å². The van der Waals surface area contributed by atoms with Gasteiger partial charge in [-0.3, -0.25) is 19.2 Å². The molecule has 4 atom stereocenters. The summed E-state index contributed by atoms with van der Waals surface area (Å²) in [7, 11) is 3.09. The van der Waals surface area contributed by atoms with E-state index in [2.05, 4.69) is 16.0 Å². The van der Waals surface area contributed by atoms with Gasteiger partial charge in [0.05, 0.1) is 32.4 Å². The number of benzene rings is 2. The highest BCUT2D eigenvalue weighted by Crippen LogP contribution is 2.33. The molecule has 0 unspecified atom stereocenters. The van der Waals surface area contributed by atoms with Gasteiger partial charge in [-0.15, -0.1) is 0 Å². The molecule has 4 rings (SSSR count). The number of nitrogens with zero attached hydrogens (tertiary/aromatic N) is 1. The molecule has 0 saturated carbocycles. The van der Waals surface area contributed by atoms with E-state index in [0.717, 1.165) is 5.56 Å². The number of nitrogens with one attached hydrogen (secondary N) is 3. The molecule has 0 aromatic heterocycles. The molecule has 42 heavy (non-hydrogen) atoms. The number of aliphatic hydroxyl groups excluding tert-OH is 1. The number of aliphatic hydroxyl groups is 1. The fourth-order valence-corrected chi connectivity index (χ4v) is 5.11. The van der Waals surface area contributed by atoms with Crippen LogP contribution in [0.4, 0.5) is 0 Å². The molecular weight excluding hydrogens is 544 g/mol. The first-order valence-electron chi connectivity index (χ1n) is 13.9. The normalized spacial score (nSPS) is 23.7. The Hall–Kier alpha value is -4.32. The zero-order valence-corrected chi connectivity index (χ0v) is 24.4. The van der Waals surface area contributed by atoms with Crippen LogP contribution in [0.1, 0.15) is 37.6 Å². The minimum atomic E-state index is -0.991. The van der Waals surface area contributed by atoms with Crippen molar-refractivity contribution in [1.29, 1.82) is 0 Å². The molecule has 2 aliphatic rings. The third kappa shape index (κ3) is 6.76. The van der Waals surface area contributed by atoms with Gasteiger partial charge in [0.2, 0.25) is 17.7 Å². The highest BCUT2D eigenvalue weighted by Gasteiger charge is 2.41. The topological polar surface area (TPSA) is 156 Å². The van der Waals surface area contributed by atoms with Crippen LogP contribution in [0, 0.1) is 5.92 Å². The molecule has 2 heterocycles. The number of amides is 4. The number of carbonyl (C=O) groups is 4. The van der Waals surface area contributed by atoms with E-state index in [4.69, 9.17) is 14.2 Å². The molecule has 12 nitrogen and oxygen atoms in total. The highest BCUT2D eigenvalue weighted by molar-refractivity contribution is 6.01. The van der Waals surface area contributed by atoms with Crippen molar-refractivity contribution in [3.05, 3.63) is 42.0 Å². The number of hydrogen-bond donors (Lipinski definition) is 4. The first kappa shape index (κ1) is 30.6. The molecule has 2 aromatic rings. The number of ether oxygens (including phenoxy) is 3. The first-order chi connectivity index (χ1) is 20.0. The minimum absolute atomic E-state index is 0.0210. The summed E-state index contributed by atoms with van der Waals surface area (Å²) < 4.78 is 16.7. The summed E-state index contributed by atoms with van der Waals surface area (Å²) >= 11 is 0. The number of hydrogen-bond acceptors (Lipinski definition) is 8. The van der Waals surface area contributed by atoms with E-state index in [0.29, 0.717) is 17.1 Å². The average Bonchev–Trinajstić information content (AvgIpc) is 3.37. The van der Waals surface area contributed by atoms with Crippen LogP contribution in [0.2, 0.25) is 0 Å². The molecule has 226 valence electrons. The number of fused-ring (bicyclic) bond motifs is 2. The molecule has 0 bridgehead atoms. The molecular formula is C30H38N4O8. The smallest absolute Gasteiger partial charge is 0.255 e. The Bertz CT molecular complexity index is 1320. The Morgan fingerprint density at radius 3 is 2.29 bits per heavy atom. The van der Waals surface area contributed by atoms with Crippen molar-refractivity contribution in [2.75, 3.05) is 33.9 Å². The van der Waals surface area contributed by atoms with E-state index < -0.39 is 47.9 Å². The van der Waals surface area contributed by atoms with Gasteiger partial charge in [0.25, 0.3) is 5.91 Å². The van der Waals surface area contributed by atoms with Gasteiger partial charge in [-0.2, -0.15) is 0 Å². The summed E-state index contributed by atoms with van der Waals surface area (Å²) in [5, 5.41) is 18.4.